The minimum absolute atomic E-state index is 0.0876. The molecule has 1 fully saturated rings. The minimum Gasteiger partial charge on any atom is -0.466 e. The Morgan fingerprint density at radius 1 is 1.56 bits per heavy atom. The maximum atomic E-state index is 11.0. The van der Waals surface area contributed by atoms with Crippen molar-refractivity contribution < 1.29 is 14.6 Å². The predicted octanol–water partition coefficient (Wildman–Crippen LogP) is 1.08. The topological polar surface area (TPSA) is 58.6 Å². The Kier molecular flexibility index (Phi) is 6.42. The quantitative estimate of drug-likeness (QED) is 0.483. The summed E-state index contributed by atoms with van der Waals surface area (Å²) in [5.41, 5.74) is 0. The molecule has 0 heterocycles. The second-order valence-corrected chi connectivity index (χ2v) is 4.45. The Balaban J connectivity index is 1.92. The molecule has 4 nitrogen and oxygen atoms in total. The van der Waals surface area contributed by atoms with E-state index in [-0.39, 0.29) is 12.4 Å². The van der Waals surface area contributed by atoms with Crippen LogP contribution in [0, 0.1) is 5.92 Å². The lowest BCUT2D eigenvalue weighted by Gasteiger charge is -2.25. The third-order valence-corrected chi connectivity index (χ3v) is 3.04. The number of ether oxygens (including phenoxy) is 1. The zero-order valence-corrected chi connectivity index (χ0v) is 10.1. The van der Waals surface area contributed by atoms with Crippen LogP contribution in [-0.4, -0.2) is 36.9 Å². The Labute approximate surface area is 97.4 Å². The van der Waals surface area contributed by atoms with E-state index < -0.39 is 6.10 Å². The zero-order valence-electron chi connectivity index (χ0n) is 10.1. The van der Waals surface area contributed by atoms with Gasteiger partial charge in [-0.1, -0.05) is 19.3 Å². The highest BCUT2D eigenvalue weighted by atomic mass is 16.5. The molecule has 0 aromatic rings. The van der Waals surface area contributed by atoms with Gasteiger partial charge in [0.1, 0.15) is 0 Å². The first-order valence-electron chi connectivity index (χ1n) is 6.26. The van der Waals surface area contributed by atoms with Crippen molar-refractivity contribution in [2.45, 2.75) is 45.1 Å². The van der Waals surface area contributed by atoms with Crippen molar-refractivity contribution in [3.8, 4) is 0 Å². The van der Waals surface area contributed by atoms with Crippen molar-refractivity contribution in [1.82, 2.24) is 5.32 Å². The van der Waals surface area contributed by atoms with E-state index in [0.29, 0.717) is 13.2 Å². The Morgan fingerprint density at radius 3 is 2.88 bits per heavy atom. The van der Waals surface area contributed by atoms with Gasteiger partial charge in [-0.3, -0.25) is 4.79 Å². The van der Waals surface area contributed by atoms with Gasteiger partial charge in [0.05, 0.1) is 19.1 Å². The molecule has 1 rings (SSSR count). The summed E-state index contributed by atoms with van der Waals surface area (Å²) in [5, 5.41) is 12.7. The monoisotopic (exact) mass is 229 g/mol. The molecule has 0 amide bonds. The van der Waals surface area contributed by atoms with Crippen LogP contribution < -0.4 is 5.32 Å². The average molecular weight is 229 g/mol. The minimum atomic E-state index is -0.625. The summed E-state index contributed by atoms with van der Waals surface area (Å²) >= 11 is 0. The van der Waals surface area contributed by atoms with E-state index in [1.54, 1.807) is 6.92 Å². The summed E-state index contributed by atoms with van der Waals surface area (Å²) in [5.74, 6) is 0.561. The lowest BCUT2D eigenvalue weighted by atomic mass is 9.83. The fourth-order valence-electron chi connectivity index (χ4n) is 1.84. The van der Waals surface area contributed by atoms with E-state index in [2.05, 4.69) is 5.32 Å². The highest BCUT2D eigenvalue weighted by Crippen LogP contribution is 2.28. The molecule has 4 heteroatoms. The van der Waals surface area contributed by atoms with Crippen LogP contribution >= 0.6 is 0 Å². The number of aliphatic hydroxyl groups is 1. The summed E-state index contributed by atoms with van der Waals surface area (Å²) in [6, 6.07) is 0. The summed E-state index contributed by atoms with van der Waals surface area (Å²) in [6.45, 7) is 3.55. The van der Waals surface area contributed by atoms with Gasteiger partial charge in [0.25, 0.3) is 0 Å². The van der Waals surface area contributed by atoms with Crippen molar-refractivity contribution in [3.05, 3.63) is 0 Å². The lowest BCUT2D eigenvalue weighted by Crippen LogP contribution is -2.31. The summed E-state index contributed by atoms with van der Waals surface area (Å²) in [7, 11) is 0. The molecular formula is C12H23NO3. The first kappa shape index (κ1) is 13.5. The van der Waals surface area contributed by atoms with Gasteiger partial charge in [-0.2, -0.15) is 0 Å². The highest BCUT2D eigenvalue weighted by Gasteiger charge is 2.16. The van der Waals surface area contributed by atoms with Crippen LogP contribution in [0.4, 0.5) is 0 Å². The van der Waals surface area contributed by atoms with E-state index in [4.69, 9.17) is 4.74 Å². The number of hydrogen-bond acceptors (Lipinski definition) is 4. The van der Waals surface area contributed by atoms with Crippen LogP contribution in [0.15, 0.2) is 0 Å². The number of rotatable bonds is 8. The molecule has 0 saturated heterocycles. The third kappa shape index (κ3) is 5.47. The molecular weight excluding hydrogens is 206 g/mol. The van der Waals surface area contributed by atoms with Crippen LogP contribution in [0.1, 0.15) is 39.0 Å². The largest absolute Gasteiger partial charge is 0.466 e. The van der Waals surface area contributed by atoms with Gasteiger partial charge < -0.3 is 15.2 Å². The van der Waals surface area contributed by atoms with E-state index in [0.717, 1.165) is 12.5 Å². The van der Waals surface area contributed by atoms with Crippen molar-refractivity contribution in [3.63, 3.8) is 0 Å². The van der Waals surface area contributed by atoms with Gasteiger partial charge in [0.15, 0.2) is 0 Å². The molecule has 1 saturated carbocycles. The Morgan fingerprint density at radius 2 is 2.31 bits per heavy atom. The smallest absolute Gasteiger partial charge is 0.308 e. The van der Waals surface area contributed by atoms with E-state index in [1.165, 1.54) is 25.7 Å². The molecule has 1 aliphatic rings. The molecule has 0 aromatic heterocycles. The Bertz CT molecular complexity index is 204. The second-order valence-electron chi connectivity index (χ2n) is 4.45. The second kappa shape index (κ2) is 7.63. The number of nitrogens with one attached hydrogen (secondary N) is 1. The summed E-state index contributed by atoms with van der Waals surface area (Å²) in [6.07, 6.45) is 4.73. The van der Waals surface area contributed by atoms with Gasteiger partial charge >= 0.3 is 5.97 Å². The number of carbonyl (C=O) groups is 1. The molecule has 0 bridgehead atoms. The average Bonchev–Trinajstić information content (AvgIpc) is 2.14. The fourth-order valence-corrected chi connectivity index (χ4v) is 1.84. The van der Waals surface area contributed by atoms with Crippen LogP contribution in [0.5, 0.6) is 0 Å². The standard InChI is InChI=1S/C12H23NO3/c1-2-16-12(15)8-11(14)9-13-7-6-10-4-3-5-10/h10-11,13-14H,2-9H2,1H3. The van der Waals surface area contributed by atoms with Gasteiger partial charge in [-0.25, -0.2) is 0 Å². The molecule has 0 aliphatic heterocycles. The number of aliphatic hydroxyl groups excluding tert-OH is 1. The van der Waals surface area contributed by atoms with Crippen molar-refractivity contribution in [2.75, 3.05) is 19.7 Å². The highest BCUT2D eigenvalue weighted by molar-refractivity contribution is 5.69. The SMILES string of the molecule is CCOC(=O)CC(O)CNCCC1CCC1. The Hall–Kier alpha value is -0.610. The van der Waals surface area contributed by atoms with E-state index in [1.807, 2.05) is 0 Å². The number of hydrogen-bond donors (Lipinski definition) is 2. The van der Waals surface area contributed by atoms with Gasteiger partial charge in [0.2, 0.25) is 0 Å². The first-order valence-corrected chi connectivity index (χ1v) is 6.26. The van der Waals surface area contributed by atoms with Crippen LogP contribution in [-0.2, 0) is 9.53 Å². The molecule has 1 unspecified atom stereocenters. The maximum absolute atomic E-state index is 11.0. The molecule has 2 N–H and O–H groups in total. The third-order valence-electron chi connectivity index (χ3n) is 3.04. The molecule has 1 atom stereocenters. The summed E-state index contributed by atoms with van der Waals surface area (Å²) in [4.78, 5) is 11.0. The maximum Gasteiger partial charge on any atom is 0.308 e. The molecule has 0 aromatic carbocycles. The van der Waals surface area contributed by atoms with Crippen molar-refractivity contribution >= 4 is 5.97 Å². The zero-order chi connectivity index (χ0) is 11.8. The predicted molar refractivity (Wildman–Crippen MR) is 62.1 cm³/mol. The molecule has 0 radical (unpaired) electrons. The van der Waals surface area contributed by atoms with Gasteiger partial charge in [-0.15, -0.1) is 0 Å². The molecule has 0 spiro atoms. The molecule has 1 aliphatic carbocycles. The summed E-state index contributed by atoms with van der Waals surface area (Å²) < 4.78 is 4.76. The van der Waals surface area contributed by atoms with Crippen molar-refractivity contribution in [1.29, 1.82) is 0 Å². The van der Waals surface area contributed by atoms with Crippen LogP contribution in [0.2, 0.25) is 0 Å². The van der Waals surface area contributed by atoms with E-state index in [9.17, 15) is 9.90 Å². The van der Waals surface area contributed by atoms with Gasteiger partial charge in [-0.05, 0) is 25.8 Å². The normalized spacial score (nSPS) is 17.9. The number of carbonyl (C=O) groups excluding carboxylic acids is 1. The lowest BCUT2D eigenvalue weighted by molar-refractivity contribution is -0.145. The van der Waals surface area contributed by atoms with Crippen LogP contribution in [0.25, 0.3) is 0 Å². The molecule has 94 valence electrons. The fraction of sp³-hybridized carbons (Fsp3) is 0.917. The van der Waals surface area contributed by atoms with Crippen molar-refractivity contribution in [2.24, 2.45) is 5.92 Å². The van der Waals surface area contributed by atoms with Crippen LogP contribution in [0.3, 0.4) is 0 Å². The molecule has 16 heavy (non-hydrogen) atoms. The first-order chi connectivity index (χ1) is 7.72. The van der Waals surface area contributed by atoms with Gasteiger partial charge in [0, 0.05) is 6.54 Å². The number of esters is 1. The van der Waals surface area contributed by atoms with E-state index >= 15 is 0 Å².